The Kier molecular flexibility index (Phi) is 26.2. The summed E-state index contributed by atoms with van der Waals surface area (Å²) in [5.41, 5.74) is 0. The zero-order chi connectivity index (χ0) is 22.5. The number of unbranched alkanes of at least 4 members (excludes halogenated alkanes) is 16. The number of carbonyl (C=O) groups is 1. The van der Waals surface area contributed by atoms with E-state index in [1.165, 1.54) is 114 Å². The Labute approximate surface area is 235 Å². The molecule has 0 fully saturated rings. The third-order valence-corrected chi connectivity index (χ3v) is 6.22. The normalized spacial score (nSPS) is 11.6. The fourth-order valence-electron chi connectivity index (χ4n) is 3.48. The Bertz CT molecular complexity index is 538. The maximum Gasteiger partial charge on any atom is 1.00 e. The minimum Gasteiger partial charge on any atom is -0.748 e. The van der Waals surface area contributed by atoms with Gasteiger partial charge in [0.05, 0.1) is 15.9 Å². The quantitative estimate of drug-likeness (QED) is 0.109. The van der Waals surface area contributed by atoms with E-state index < -0.39 is 15.9 Å². The molecule has 0 atom stereocenters. The molecule has 0 aliphatic carbocycles. The van der Waals surface area contributed by atoms with Gasteiger partial charge in [0, 0.05) is 13.6 Å². The molecule has 0 aromatic rings. The first-order valence-corrected chi connectivity index (χ1v) is 13.8. The van der Waals surface area contributed by atoms with Crippen molar-refractivity contribution in [2.24, 2.45) is 0 Å². The molecule has 7 heteroatoms. The van der Waals surface area contributed by atoms with Crippen molar-refractivity contribution in [3.8, 4) is 0 Å². The number of carbonyl (C=O) groups excluding carboxylic acids is 1. The fraction of sp³-hybridized carbons (Fsp3) is 0.875. The molecule has 0 N–H and O–H groups in total. The van der Waals surface area contributed by atoms with Crippen LogP contribution in [0.25, 0.3) is 0 Å². The van der Waals surface area contributed by atoms with Crippen molar-refractivity contribution >= 4 is 16.0 Å². The average molecular weight is 484 g/mol. The number of likely N-dealkylation sites (N-methyl/N-ethyl adjacent to an activating group) is 1. The molecule has 0 aromatic carbocycles. The minimum atomic E-state index is -4.27. The first kappa shape index (κ1) is 33.9. The third-order valence-electron chi connectivity index (χ3n) is 5.54. The van der Waals surface area contributed by atoms with Gasteiger partial charge in [-0.2, -0.15) is 0 Å². The molecule has 0 heterocycles. The summed E-state index contributed by atoms with van der Waals surface area (Å²) in [5.74, 6) is -0.794. The Balaban J connectivity index is 0. The predicted octanol–water partition coefficient (Wildman–Crippen LogP) is 3.20. The average Bonchev–Trinajstić information content (AvgIpc) is 2.70. The van der Waals surface area contributed by atoms with Crippen molar-refractivity contribution < 1.29 is 69.1 Å². The van der Waals surface area contributed by atoms with E-state index in [-0.39, 0.29) is 63.8 Å². The van der Waals surface area contributed by atoms with Crippen LogP contribution in [0, 0.1) is 0 Å². The summed E-state index contributed by atoms with van der Waals surface area (Å²) in [4.78, 5) is 13.0. The molecule has 0 spiro atoms. The van der Waals surface area contributed by atoms with Crippen LogP contribution in [0.15, 0.2) is 12.2 Å². The third kappa shape index (κ3) is 26.9. The monoisotopic (exact) mass is 483 g/mol. The summed E-state index contributed by atoms with van der Waals surface area (Å²) in [6, 6.07) is 0. The van der Waals surface area contributed by atoms with Gasteiger partial charge in [-0.15, -0.1) is 0 Å². The van der Waals surface area contributed by atoms with Crippen LogP contribution in [0.4, 0.5) is 0 Å². The van der Waals surface area contributed by atoms with Crippen molar-refractivity contribution in [3.05, 3.63) is 12.2 Å². The van der Waals surface area contributed by atoms with E-state index in [0.29, 0.717) is 0 Å². The smallest absolute Gasteiger partial charge is 0.748 e. The largest absolute Gasteiger partial charge is 1.00 e. The van der Waals surface area contributed by atoms with E-state index in [1.807, 2.05) is 6.08 Å². The van der Waals surface area contributed by atoms with E-state index in [0.717, 1.165) is 12.8 Å². The molecular weight excluding hydrogens is 437 g/mol. The fourth-order valence-corrected chi connectivity index (χ4v) is 3.98. The van der Waals surface area contributed by atoms with E-state index in [9.17, 15) is 17.8 Å². The molecular formula is C24H46KNO4S. The SMILES string of the molecule is CCCCCCCCCCCCCCCCCC/C=C/C(=O)N(C)CCS(=O)(=O)[O-].[K+]. The number of hydrogen-bond donors (Lipinski definition) is 0. The standard InChI is InChI=1S/C24H47NO4S.K/c1-3-4-5-6-7-8-9-10-11-12-13-14-15-16-17-18-19-20-21-24(26)25(2)22-23-30(27,28)29;/h20-21H,3-19,22-23H2,1-2H3,(H,27,28,29);/q;+1/p-1/b21-20+;. The van der Waals surface area contributed by atoms with Gasteiger partial charge < -0.3 is 9.45 Å². The molecule has 0 aliphatic heterocycles. The van der Waals surface area contributed by atoms with Crippen LogP contribution in [0.1, 0.15) is 116 Å². The van der Waals surface area contributed by atoms with Crippen molar-refractivity contribution in [2.45, 2.75) is 116 Å². The summed E-state index contributed by atoms with van der Waals surface area (Å²) in [5, 5.41) is 0. The Morgan fingerprint density at radius 1 is 0.774 bits per heavy atom. The van der Waals surface area contributed by atoms with E-state index >= 15 is 0 Å². The van der Waals surface area contributed by atoms with Crippen LogP contribution in [-0.2, 0) is 14.9 Å². The van der Waals surface area contributed by atoms with Crippen LogP contribution >= 0.6 is 0 Å². The zero-order valence-electron chi connectivity index (χ0n) is 20.6. The van der Waals surface area contributed by atoms with Crippen molar-refractivity contribution in [2.75, 3.05) is 19.3 Å². The molecule has 1 amide bonds. The summed E-state index contributed by atoms with van der Waals surface area (Å²) < 4.78 is 31.7. The topological polar surface area (TPSA) is 77.5 Å². The molecule has 178 valence electrons. The van der Waals surface area contributed by atoms with Crippen LogP contribution in [-0.4, -0.2) is 43.1 Å². The Hall–Kier alpha value is 0.756. The second-order valence-corrected chi connectivity index (χ2v) is 10.0. The van der Waals surface area contributed by atoms with Crippen LogP contribution in [0.3, 0.4) is 0 Å². The van der Waals surface area contributed by atoms with Gasteiger partial charge in [0.15, 0.2) is 0 Å². The first-order valence-electron chi connectivity index (χ1n) is 12.2. The summed E-state index contributed by atoms with van der Waals surface area (Å²) in [6.45, 7) is 2.21. The van der Waals surface area contributed by atoms with Crippen LogP contribution in [0.5, 0.6) is 0 Å². The second kappa shape index (κ2) is 23.9. The van der Waals surface area contributed by atoms with Crippen molar-refractivity contribution in [1.82, 2.24) is 4.90 Å². The number of amides is 1. The maximum atomic E-state index is 11.8. The number of nitrogens with zero attached hydrogens (tertiary/aromatic N) is 1. The number of hydrogen-bond acceptors (Lipinski definition) is 4. The molecule has 0 unspecified atom stereocenters. The number of allylic oxidation sites excluding steroid dienone is 1. The van der Waals surface area contributed by atoms with E-state index in [4.69, 9.17) is 0 Å². The van der Waals surface area contributed by atoms with Gasteiger partial charge in [0.2, 0.25) is 5.91 Å². The van der Waals surface area contributed by atoms with Crippen molar-refractivity contribution in [1.29, 1.82) is 0 Å². The summed E-state index contributed by atoms with van der Waals surface area (Å²) in [6.07, 6.45) is 25.7. The van der Waals surface area contributed by atoms with Gasteiger partial charge in [0.1, 0.15) is 0 Å². The zero-order valence-corrected chi connectivity index (χ0v) is 24.5. The van der Waals surface area contributed by atoms with Gasteiger partial charge in [-0.1, -0.05) is 109 Å². The molecule has 0 radical (unpaired) electrons. The minimum absolute atomic E-state index is 0. The Morgan fingerprint density at radius 2 is 1.16 bits per heavy atom. The summed E-state index contributed by atoms with van der Waals surface area (Å²) in [7, 11) is -2.77. The number of rotatable bonds is 21. The molecule has 0 saturated heterocycles. The van der Waals surface area contributed by atoms with Gasteiger partial charge in [-0.05, 0) is 18.9 Å². The maximum absolute atomic E-state index is 11.8. The van der Waals surface area contributed by atoms with Gasteiger partial charge >= 0.3 is 51.4 Å². The van der Waals surface area contributed by atoms with Gasteiger partial charge in [-0.25, -0.2) is 8.42 Å². The van der Waals surface area contributed by atoms with Crippen molar-refractivity contribution in [3.63, 3.8) is 0 Å². The second-order valence-electron chi connectivity index (χ2n) is 8.52. The van der Waals surface area contributed by atoms with Gasteiger partial charge in [-0.3, -0.25) is 4.79 Å². The first-order chi connectivity index (χ1) is 14.4. The molecule has 0 aliphatic rings. The molecule has 0 aromatic heterocycles. The predicted molar refractivity (Wildman–Crippen MR) is 126 cm³/mol. The molecule has 0 rings (SSSR count). The van der Waals surface area contributed by atoms with E-state index in [1.54, 1.807) is 0 Å². The Morgan fingerprint density at radius 3 is 1.55 bits per heavy atom. The van der Waals surface area contributed by atoms with Crippen LogP contribution in [0.2, 0.25) is 0 Å². The summed E-state index contributed by atoms with van der Waals surface area (Å²) >= 11 is 0. The molecule has 0 bridgehead atoms. The molecule has 5 nitrogen and oxygen atoms in total. The van der Waals surface area contributed by atoms with Crippen LogP contribution < -0.4 is 51.4 Å². The molecule has 0 saturated carbocycles. The van der Waals surface area contributed by atoms with Gasteiger partial charge in [0.25, 0.3) is 0 Å². The van der Waals surface area contributed by atoms with E-state index in [2.05, 4.69) is 6.92 Å². The molecule has 31 heavy (non-hydrogen) atoms.